The fourth-order valence-electron chi connectivity index (χ4n) is 2.48. The van der Waals surface area contributed by atoms with Crippen LogP contribution >= 0.6 is 0 Å². The van der Waals surface area contributed by atoms with Crippen LogP contribution in [0.15, 0.2) is 12.1 Å². The molecule has 0 saturated heterocycles. The molecule has 1 saturated carbocycles. The maximum absolute atomic E-state index is 13.4. The molecule has 1 aromatic carbocycles. The highest BCUT2D eigenvalue weighted by Gasteiger charge is 2.23. The van der Waals surface area contributed by atoms with Gasteiger partial charge in [-0.05, 0) is 25.7 Å². The third-order valence-corrected chi connectivity index (χ3v) is 3.49. The molecule has 1 nitrogen and oxygen atoms in total. The zero-order valence-electron chi connectivity index (χ0n) is 9.77. The van der Waals surface area contributed by atoms with Crippen LogP contribution in [0.4, 0.5) is 18.9 Å². The summed E-state index contributed by atoms with van der Waals surface area (Å²) in [7, 11) is 0. The van der Waals surface area contributed by atoms with Crippen LogP contribution in [0.3, 0.4) is 0 Å². The average Bonchev–Trinajstić information content (AvgIpc) is 2.76. The van der Waals surface area contributed by atoms with Crippen LogP contribution < -0.4 is 5.32 Å². The van der Waals surface area contributed by atoms with Gasteiger partial charge in [-0.3, -0.25) is 0 Å². The van der Waals surface area contributed by atoms with Gasteiger partial charge in [-0.25, -0.2) is 13.2 Å². The van der Waals surface area contributed by atoms with Crippen LogP contribution in [-0.2, 0) is 0 Å². The van der Waals surface area contributed by atoms with E-state index in [1.807, 2.05) is 6.92 Å². The third-order valence-electron chi connectivity index (χ3n) is 3.49. The van der Waals surface area contributed by atoms with E-state index in [2.05, 4.69) is 5.32 Å². The first-order valence-corrected chi connectivity index (χ1v) is 5.99. The Morgan fingerprint density at radius 3 is 2.18 bits per heavy atom. The zero-order valence-corrected chi connectivity index (χ0v) is 9.77. The van der Waals surface area contributed by atoms with Crippen molar-refractivity contribution in [2.75, 3.05) is 5.32 Å². The molecule has 17 heavy (non-hydrogen) atoms. The minimum atomic E-state index is -0.890. The fourth-order valence-corrected chi connectivity index (χ4v) is 2.48. The molecule has 1 N–H and O–H groups in total. The van der Waals surface area contributed by atoms with Gasteiger partial charge in [0.05, 0.1) is 0 Å². The Morgan fingerprint density at radius 1 is 1.12 bits per heavy atom. The van der Waals surface area contributed by atoms with E-state index in [1.165, 1.54) is 12.8 Å². The van der Waals surface area contributed by atoms with Crippen molar-refractivity contribution in [3.05, 3.63) is 29.6 Å². The normalized spacial score (nSPS) is 18.4. The quantitative estimate of drug-likeness (QED) is 0.843. The van der Waals surface area contributed by atoms with Crippen LogP contribution in [0.25, 0.3) is 0 Å². The Balaban J connectivity index is 2.12. The van der Waals surface area contributed by atoms with Gasteiger partial charge in [0.2, 0.25) is 0 Å². The number of benzene rings is 1. The molecule has 0 spiro atoms. The van der Waals surface area contributed by atoms with E-state index in [0.717, 1.165) is 12.8 Å². The molecule has 4 heteroatoms. The minimum absolute atomic E-state index is 0.00645. The van der Waals surface area contributed by atoms with Crippen LogP contribution in [-0.4, -0.2) is 6.04 Å². The van der Waals surface area contributed by atoms with Crippen molar-refractivity contribution >= 4 is 5.69 Å². The molecule has 1 fully saturated rings. The zero-order chi connectivity index (χ0) is 12.4. The first-order valence-electron chi connectivity index (χ1n) is 5.99. The van der Waals surface area contributed by atoms with Crippen LogP contribution in [0.2, 0.25) is 0 Å². The number of nitrogens with one attached hydrogen (secondary N) is 1. The van der Waals surface area contributed by atoms with Crippen LogP contribution in [0, 0.1) is 23.4 Å². The van der Waals surface area contributed by atoms with E-state index in [9.17, 15) is 13.2 Å². The maximum Gasteiger partial charge on any atom is 0.152 e. The predicted octanol–water partition coefficient (Wildman–Crippen LogP) is 4.09. The van der Waals surface area contributed by atoms with Crippen molar-refractivity contribution in [2.45, 2.75) is 38.6 Å². The van der Waals surface area contributed by atoms with Gasteiger partial charge >= 0.3 is 0 Å². The molecular weight excluding hydrogens is 227 g/mol. The molecule has 1 aliphatic rings. The number of anilines is 1. The molecule has 1 unspecified atom stereocenters. The minimum Gasteiger partial charge on any atom is -0.378 e. The van der Waals surface area contributed by atoms with Gasteiger partial charge in [-0.1, -0.05) is 12.8 Å². The first kappa shape index (κ1) is 12.3. The first-order chi connectivity index (χ1) is 8.08. The number of halogens is 3. The summed E-state index contributed by atoms with van der Waals surface area (Å²) in [5.41, 5.74) is -0.217. The second kappa shape index (κ2) is 4.98. The summed E-state index contributed by atoms with van der Waals surface area (Å²) in [6.45, 7) is 1.91. The Labute approximate surface area is 99.0 Å². The summed E-state index contributed by atoms with van der Waals surface area (Å²) >= 11 is 0. The van der Waals surface area contributed by atoms with Gasteiger partial charge < -0.3 is 5.32 Å². The molecular formula is C13H16F3N. The number of rotatable bonds is 3. The highest BCUT2D eigenvalue weighted by Crippen LogP contribution is 2.30. The van der Waals surface area contributed by atoms with E-state index in [0.29, 0.717) is 18.1 Å². The molecule has 0 amide bonds. The molecule has 94 valence electrons. The Bertz CT molecular complexity index is 377. The lowest BCUT2D eigenvalue weighted by molar-refractivity contribution is 0.473. The summed E-state index contributed by atoms with van der Waals surface area (Å²) in [4.78, 5) is 0. The van der Waals surface area contributed by atoms with Crippen molar-refractivity contribution in [3.63, 3.8) is 0 Å². The van der Waals surface area contributed by atoms with Crippen molar-refractivity contribution in [3.8, 4) is 0 Å². The molecule has 0 heterocycles. The second-order valence-corrected chi connectivity index (χ2v) is 4.72. The molecule has 0 aliphatic heterocycles. The van der Waals surface area contributed by atoms with Crippen molar-refractivity contribution in [1.29, 1.82) is 0 Å². The van der Waals surface area contributed by atoms with Crippen molar-refractivity contribution in [1.82, 2.24) is 0 Å². The van der Waals surface area contributed by atoms with Gasteiger partial charge in [0.15, 0.2) is 11.6 Å². The lowest BCUT2D eigenvalue weighted by atomic mass is 9.99. The number of hydrogen-bond donors (Lipinski definition) is 1. The topological polar surface area (TPSA) is 12.0 Å². The molecule has 0 aromatic heterocycles. The summed E-state index contributed by atoms with van der Waals surface area (Å²) < 4.78 is 39.6. The average molecular weight is 243 g/mol. The van der Waals surface area contributed by atoms with E-state index in [4.69, 9.17) is 0 Å². The Morgan fingerprint density at radius 2 is 1.65 bits per heavy atom. The monoisotopic (exact) mass is 243 g/mol. The molecule has 1 atom stereocenters. The molecule has 1 aliphatic carbocycles. The van der Waals surface area contributed by atoms with Crippen LogP contribution in [0.5, 0.6) is 0 Å². The predicted molar refractivity (Wildman–Crippen MR) is 61.4 cm³/mol. The molecule has 0 radical (unpaired) electrons. The molecule has 1 aromatic rings. The van der Waals surface area contributed by atoms with E-state index >= 15 is 0 Å². The SMILES string of the molecule is CC(Nc1c(F)cc(F)cc1F)C1CCCC1. The smallest absolute Gasteiger partial charge is 0.152 e. The number of hydrogen-bond acceptors (Lipinski definition) is 1. The lowest BCUT2D eigenvalue weighted by Gasteiger charge is -2.22. The largest absolute Gasteiger partial charge is 0.378 e. The van der Waals surface area contributed by atoms with Gasteiger partial charge in [0.1, 0.15) is 11.5 Å². The summed E-state index contributed by atoms with van der Waals surface area (Å²) in [5, 5.41) is 2.83. The maximum atomic E-state index is 13.4. The third kappa shape index (κ3) is 2.73. The van der Waals surface area contributed by atoms with Gasteiger partial charge in [-0.15, -0.1) is 0 Å². The second-order valence-electron chi connectivity index (χ2n) is 4.72. The van der Waals surface area contributed by atoms with E-state index < -0.39 is 17.5 Å². The van der Waals surface area contributed by atoms with Crippen LogP contribution in [0.1, 0.15) is 32.6 Å². The molecule has 2 rings (SSSR count). The summed E-state index contributed by atoms with van der Waals surface area (Å²) in [6, 6.07) is 1.41. The lowest BCUT2D eigenvalue weighted by Crippen LogP contribution is -2.25. The summed E-state index contributed by atoms with van der Waals surface area (Å²) in [5.74, 6) is -2.18. The van der Waals surface area contributed by atoms with Gasteiger partial charge in [-0.2, -0.15) is 0 Å². The summed E-state index contributed by atoms with van der Waals surface area (Å²) in [6.07, 6.45) is 4.51. The standard InChI is InChI=1S/C13H16F3N/c1-8(9-4-2-3-5-9)17-13-11(15)6-10(14)7-12(13)16/h6-9,17H,2-5H2,1H3. The fraction of sp³-hybridized carbons (Fsp3) is 0.538. The Hall–Kier alpha value is -1.19. The van der Waals surface area contributed by atoms with E-state index in [1.54, 1.807) is 0 Å². The van der Waals surface area contributed by atoms with E-state index in [-0.39, 0.29) is 11.7 Å². The highest BCUT2D eigenvalue weighted by atomic mass is 19.1. The molecule has 0 bridgehead atoms. The highest BCUT2D eigenvalue weighted by molar-refractivity contribution is 5.47. The van der Waals surface area contributed by atoms with Gasteiger partial charge in [0, 0.05) is 18.2 Å². The van der Waals surface area contributed by atoms with Crippen molar-refractivity contribution < 1.29 is 13.2 Å². The van der Waals surface area contributed by atoms with Crippen molar-refractivity contribution in [2.24, 2.45) is 5.92 Å². The van der Waals surface area contributed by atoms with Gasteiger partial charge in [0.25, 0.3) is 0 Å². The Kier molecular flexibility index (Phi) is 3.60.